The van der Waals surface area contributed by atoms with Crippen LogP contribution in [0.4, 0.5) is 5.69 Å². The smallest absolute Gasteiger partial charge is 0.238 e. The summed E-state index contributed by atoms with van der Waals surface area (Å²) in [5.74, 6) is 1.11. The minimum Gasteiger partial charge on any atom is -0.340 e. The Morgan fingerprint density at radius 3 is 2.54 bits per heavy atom. The van der Waals surface area contributed by atoms with Crippen molar-refractivity contribution in [2.75, 3.05) is 50.0 Å². The molecule has 1 aromatic rings. The summed E-state index contributed by atoms with van der Waals surface area (Å²) < 4.78 is 0. The quantitative estimate of drug-likeness (QED) is 0.819. The van der Waals surface area contributed by atoms with E-state index in [2.05, 4.69) is 17.1 Å². The van der Waals surface area contributed by atoms with Gasteiger partial charge in [-0.25, -0.2) is 0 Å². The molecule has 1 aromatic carbocycles. The second-order valence-electron chi connectivity index (χ2n) is 5.96. The molecular weight excluding hydrogens is 322 g/mol. The zero-order chi connectivity index (χ0) is 17.4. The fraction of sp³-hybridized carbons (Fsp3) is 0.556. The number of nitrogens with zero attached hydrogens (tertiary/aromatic N) is 2. The molecule has 0 unspecified atom stereocenters. The summed E-state index contributed by atoms with van der Waals surface area (Å²) in [6.45, 7) is 5.41. The molecule has 1 aliphatic rings. The summed E-state index contributed by atoms with van der Waals surface area (Å²) >= 11 is 1.70. The van der Waals surface area contributed by atoms with Crippen molar-refractivity contribution >= 4 is 29.3 Å². The Morgan fingerprint density at radius 1 is 1.17 bits per heavy atom. The molecule has 0 aromatic heterocycles. The molecule has 0 atom stereocenters. The molecule has 132 valence electrons. The second kappa shape index (κ2) is 9.69. The maximum atomic E-state index is 12.3. The molecule has 1 heterocycles. The van der Waals surface area contributed by atoms with Gasteiger partial charge >= 0.3 is 0 Å². The molecule has 6 heteroatoms. The van der Waals surface area contributed by atoms with Crippen LogP contribution in [0.1, 0.15) is 18.9 Å². The largest absolute Gasteiger partial charge is 0.340 e. The number of carbonyl (C=O) groups excluding carboxylic acids is 2. The van der Waals surface area contributed by atoms with Crippen LogP contribution in [0.5, 0.6) is 0 Å². The third-order valence-electron chi connectivity index (χ3n) is 4.28. The second-order valence-corrected chi connectivity index (χ2v) is 6.94. The first kappa shape index (κ1) is 18.8. The van der Waals surface area contributed by atoms with E-state index in [1.165, 1.54) is 0 Å². The molecule has 1 saturated heterocycles. The van der Waals surface area contributed by atoms with Crippen molar-refractivity contribution in [3.63, 3.8) is 0 Å². The number of anilines is 1. The van der Waals surface area contributed by atoms with Crippen LogP contribution in [0.2, 0.25) is 0 Å². The lowest BCUT2D eigenvalue weighted by Crippen LogP contribution is -2.50. The van der Waals surface area contributed by atoms with Gasteiger partial charge in [-0.1, -0.05) is 25.1 Å². The molecule has 0 radical (unpaired) electrons. The monoisotopic (exact) mass is 349 g/mol. The molecule has 0 spiro atoms. The minimum atomic E-state index is 0.0121. The number of thioether (sulfide) groups is 1. The maximum Gasteiger partial charge on any atom is 0.238 e. The lowest BCUT2D eigenvalue weighted by atomic mass is 10.1. The summed E-state index contributed by atoms with van der Waals surface area (Å²) in [7, 11) is 0. The number of para-hydroxylation sites is 1. The van der Waals surface area contributed by atoms with E-state index in [4.69, 9.17) is 0 Å². The van der Waals surface area contributed by atoms with E-state index < -0.39 is 0 Å². The number of carbonyl (C=O) groups is 2. The Morgan fingerprint density at radius 2 is 1.88 bits per heavy atom. The van der Waals surface area contributed by atoms with Crippen LogP contribution in [0.15, 0.2) is 24.3 Å². The van der Waals surface area contributed by atoms with Gasteiger partial charge in [-0.3, -0.25) is 14.5 Å². The van der Waals surface area contributed by atoms with E-state index in [1.807, 2.05) is 35.4 Å². The average Bonchev–Trinajstić information content (AvgIpc) is 2.60. The van der Waals surface area contributed by atoms with Gasteiger partial charge in [0.05, 0.1) is 6.54 Å². The van der Waals surface area contributed by atoms with Gasteiger partial charge in [-0.2, -0.15) is 11.8 Å². The van der Waals surface area contributed by atoms with Gasteiger partial charge in [0.25, 0.3) is 0 Å². The molecule has 5 nitrogen and oxygen atoms in total. The van der Waals surface area contributed by atoms with Gasteiger partial charge in [-0.15, -0.1) is 0 Å². The SMILES string of the molecule is CCc1ccccc1NC(=O)CN1CCN(C(=O)CCSC)CC1. The summed E-state index contributed by atoms with van der Waals surface area (Å²) in [5.41, 5.74) is 2.05. The number of benzene rings is 1. The predicted molar refractivity (Wildman–Crippen MR) is 100 cm³/mol. The summed E-state index contributed by atoms with van der Waals surface area (Å²) in [5, 5.41) is 3.01. The molecule has 1 N–H and O–H groups in total. The Kier molecular flexibility index (Phi) is 7.59. The van der Waals surface area contributed by atoms with Gasteiger partial charge < -0.3 is 10.2 Å². The topological polar surface area (TPSA) is 52.7 Å². The van der Waals surface area contributed by atoms with Crippen molar-refractivity contribution in [1.82, 2.24) is 9.80 Å². The minimum absolute atomic E-state index is 0.0121. The highest BCUT2D eigenvalue weighted by molar-refractivity contribution is 7.98. The summed E-state index contributed by atoms with van der Waals surface area (Å²) in [6, 6.07) is 7.91. The fourth-order valence-electron chi connectivity index (χ4n) is 2.85. The van der Waals surface area contributed by atoms with Crippen LogP contribution in [0, 0.1) is 0 Å². The van der Waals surface area contributed by atoms with Gasteiger partial charge in [0.1, 0.15) is 0 Å². The standard InChI is InChI=1S/C18H27N3O2S/c1-3-15-6-4-5-7-16(15)19-17(22)14-20-9-11-21(12-10-20)18(23)8-13-24-2/h4-7H,3,8-14H2,1-2H3,(H,19,22). The first-order valence-corrected chi connectivity index (χ1v) is 9.90. The molecule has 1 fully saturated rings. The van der Waals surface area contributed by atoms with E-state index in [1.54, 1.807) is 11.8 Å². The van der Waals surface area contributed by atoms with Crippen LogP contribution in [-0.2, 0) is 16.0 Å². The highest BCUT2D eigenvalue weighted by Gasteiger charge is 2.22. The van der Waals surface area contributed by atoms with Gasteiger partial charge in [0, 0.05) is 44.0 Å². The maximum absolute atomic E-state index is 12.3. The van der Waals surface area contributed by atoms with Crippen molar-refractivity contribution in [1.29, 1.82) is 0 Å². The lowest BCUT2D eigenvalue weighted by molar-refractivity contribution is -0.132. The Balaban J connectivity index is 1.77. The van der Waals surface area contributed by atoms with E-state index in [-0.39, 0.29) is 11.8 Å². The van der Waals surface area contributed by atoms with Crippen molar-refractivity contribution < 1.29 is 9.59 Å². The van der Waals surface area contributed by atoms with Gasteiger partial charge in [0.15, 0.2) is 0 Å². The molecule has 0 aliphatic carbocycles. The summed E-state index contributed by atoms with van der Waals surface area (Å²) in [4.78, 5) is 28.3. The number of hydrogen-bond acceptors (Lipinski definition) is 4. The van der Waals surface area contributed by atoms with Crippen molar-refractivity contribution in [2.45, 2.75) is 19.8 Å². The molecule has 1 aliphatic heterocycles. The third kappa shape index (κ3) is 5.53. The number of nitrogens with one attached hydrogen (secondary N) is 1. The fourth-order valence-corrected chi connectivity index (χ4v) is 3.22. The van der Waals surface area contributed by atoms with E-state index in [0.717, 1.165) is 36.5 Å². The van der Waals surface area contributed by atoms with Crippen LogP contribution < -0.4 is 5.32 Å². The number of amides is 2. The summed E-state index contributed by atoms with van der Waals surface area (Å²) in [6.07, 6.45) is 3.52. The van der Waals surface area contributed by atoms with Crippen molar-refractivity contribution in [3.05, 3.63) is 29.8 Å². The molecule has 2 amide bonds. The molecule has 2 rings (SSSR count). The third-order valence-corrected chi connectivity index (χ3v) is 4.90. The molecular formula is C18H27N3O2S. The molecule has 0 bridgehead atoms. The van der Waals surface area contributed by atoms with E-state index in [9.17, 15) is 9.59 Å². The number of aryl methyl sites for hydroxylation is 1. The van der Waals surface area contributed by atoms with E-state index >= 15 is 0 Å². The van der Waals surface area contributed by atoms with Crippen LogP contribution in [0.3, 0.4) is 0 Å². The first-order valence-electron chi connectivity index (χ1n) is 8.51. The van der Waals surface area contributed by atoms with Gasteiger partial charge in [-0.05, 0) is 24.3 Å². The number of hydrogen-bond donors (Lipinski definition) is 1. The van der Waals surface area contributed by atoms with Crippen LogP contribution in [-0.4, -0.2) is 66.3 Å². The Hall–Kier alpha value is -1.53. The molecule has 24 heavy (non-hydrogen) atoms. The Bertz CT molecular complexity index is 557. The highest BCUT2D eigenvalue weighted by Crippen LogP contribution is 2.15. The predicted octanol–water partition coefficient (Wildman–Crippen LogP) is 2.08. The zero-order valence-corrected chi connectivity index (χ0v) is 15.4. The molecule has 0 saturated carbocycles. The van der Waals surface area contributed by atoms with Crippen LogP contribution >= 0.6 is 11.8 Å². The van der Waals surface area contributed by atoms with E-state index in [0.29, 0.717) is 26.1 Å². The number of piperazine rings is 1. The zero-order valence-electron chi connectivity index (χ0n) is 14.6. The Labute approximate surface area is 148 Å². The first-order chi connectivity index (χ1) is 11.6. The highest BCUT2D eigenvalue weighted by atomic mass is 32.2. The average molecular weight is 350 g/mol. The van der Waals surface area contributed by atoms with Gasteiger partial charge in [0.2, 0.25) is 11.8 Å². The normalized spacial score (nSPS) is 15.3. The van der Waals surface area contributed by atoms with Crippen LogP contribution in [0.25, 0.3) is 0 Å². The van der Waals surface area contributed by atoms with Crippen molar-refractivity contribution in [2.24, 2.45) is 0 Å². The van der Waals surface area contributed by atoms with Crippen molar-refractivity contribution in [3.8, 4) is 0 Å². The lowest BCUT2D eigenvalue weighted by Gasteiger charge is -2.34. The number of rotatable bonds is 7.